The van der Waals surface area contributed by atoms with Crippen molar-refractivity contribution in [3.63, 3.8) is 0 Å². The van der Waals surface area contributed by atoms with E-state index in [4.69, 9.17) is 0 Å². The molecule has 0 saturated carbocycles. The van der Waals surface area contributed by atoms with Crippen molar-refractivity contribution in [2.24, 2.45) is 0 Å². The molecule has 2 rings (SSSR count). The zero-order chi connectivity index (χ0) is 33.4. The maximum atomic E-state index is 2.44. The second-order valence-corrected chi connectivity index (χ2v) is 14.5. The molecular weight excluding hydrogens is 567 g/mol. The molecule has 0 unspecified atom stereocenters. The van der Waals surface area contributed by atoms with Gasteiger partial charge in [0.2, 0.25) is 0 Å². The Labute approximate surface area is 293 Å². The quantitative estimate of drug-likeness (QED) is 0.0423. The second kappa shape index (κ2) is 30.0. The smallest absolute Gasteiger partial charge is 0.105 e. The third-order valence-corrected chi connectivity index (χ3v) is 10.0. The van der Waals surface area contributed by atoms with E-state index in [1.54, 1.807) is 0 Å². The first-order valence-corrected chi connectivity index (χ1v) is 20.5. The number of allylic oxidation sites excluding steroid dienone is 4. The summed E-state index contributed by atoms with van der Waals surface area (Å²) in [5.41, 5.74) is 3.00. The highest BCUT2D eigenvalue weighted by Gasteiger charge is 2.27. The number of hydrogen-bond acceptors (Lipinski definition) is 0. The highest BCUT2D eigenvalue weighted by molar-refractivity contribution is 5.15. The fraction of sp³-hybridized carbons (Fsp3) is 0.652. The van der Waals surface area contributed by atoms with Crippen LogP contribution in [0, 0.1) is 0 Å². The summed E-state index contributed by atoms with van der Waals surface area (Å²) in [7, 11) is 0. The van der Waals surface area contributed by atoms with E-state index in [2.05, 4.69) is 98.8 Å². The van der Waals surface area contributed by atoms with E-state index < -0.39 is 0 Å². The standard InChI is InChI=1S/C46H76N/c1-3-5-7-9-11-13-15-17-19-21-23-25-27-35-41-47(43-45-37-31-29-32-38-45,44-46-39-33-30-34-40-46)42-36-28-26-24-22-20-18-16-14-12-10-8-6-4-2/h13-16,29-34,37-40H,3-12,17-28,35-36,41-44H2,1-2H3/q+1/b15-13+,16-14+. The van der Waals surface area contributed by atoms with Crippen LogP contribution in [0.15, 0.2) is 85.0 Å². The van der Waals surface area contributed by atoms with Gasteiger partial charge >= 0.3 is 0 Å². The van der Waals surface area contributed by atoms with Crippen LogP contribution >= 0.6 is 0 Å². The highest BCUT2D eigenvalue weighted by Crippen LogP contribution is 2.24. The van der Waals surface area contributed by atoms with Gasteiger partial charge in [-0.05, 0) is 77.0 Å². The summed E-state index contributed by atoms with van der Waals surface area (Å²) in [4.78, 5) is 0. The number of nitrogens with zero attached hydrogens (tertiary/aromatic N) is 1. The largest absolute Gasteiger partial charge is 0.316 e. The summed E-state index contributed by atoms with van der Waals surface area (Å²) in [6.07, 6.45) is 42.4. The molecule has 0 saturated heterocycles. The van der Waals surface area contributed by atoms with Gasteiger partial charge in [0.05, 0.1) is 13.1 Å². The topological polar surface area (TPSA) is 0 Å². The lowest BCUT2D eigenvalue weighted by Gasteiger charge is -2.39. The molecule has 47 heavy (non-hydrogen) atoms. The highest BCUT2D eigenvalue weighted by atomic mass is 15.3. The Hall–Kier alpha value is -2.12. The van der Waals surface area contributed by atoms with Crippen molar-refractivity contribution in [3.05, 3.63) is 96.1 Å². The Bertz CT molecular complexity index is 893. The lowest BCUT2D eigenvalue weighted by atomic mass is 10.0. The predicted octanol–water partition coefficient (Wildman–Crippen LogP) is 14.7. The van der Waals surface area contributed by atoms with E-state index in [9.17, 15) is 0 Å². The van der Waals surface area contributed by atoms with Crippen LogP contribution in [0.5, 0.6) is 0 Å². The molecule has 0 heterocycles. The molecule has 0 N–H and O–H groups in total. The Kier molecular flexibility index (Phi) is 26.2. The van der Waals surface area contributed by atoms with Crippen LogP contribution in [0.3, 0.4) is 0 Å². The normalized spacial score (nSPS) is 12.1. The Morgan fingerprint density at radius 2 is 0.660 bits per heavy atom. The molecule has 0 aliphatic heterocycles. The third-order valence-electron chi connectivity index (χ3n) is 10.0. The van der Waals surface area contributed by atoms with Gasteiger partial charge < -0.3 is 4.48 Å². The van der Waals surface area contributed by atoms with Crippen LogP contribution in [-0.2, 0) is 13.1 Å². The van der Waals surface area contributed by atoms with Crippen molar-refractivity contribution in [2.75, 3.05) is 13.1 Å². The lowest BCUT2D eigenvalue weighted by Crippen LogP contribution is -2.48. The number of hydrogen-bond donors (Lipinski definition) is 0. The predicted molar refractivity (Wildman–Crippen MR) is 211 cm³/mol. The Balaban J connectivity index is 1.77. The van der Waals surface area contributed by atoms with Crippen molar-refractivity contribution in [2.45, 2.75) is 181 Å². The molecule has 1 nitrogen and oxygen atoms in total. The summed E-state index contributed by atoms with van der Waals surface area (Å²) in [6.45, 7) is 9.50. The third kappa shape index (κ3) is 23.0. The molecule has 0 aromatic heterocycles. The van der Waals surface area contributed by atoms with Crippen LogP contribution in [0.2, 0.25) is 0 Å². The van der Waals surface area contributed by atoms with E-state index in [1.807, 2.05) is 0 Å². The average molecular weight is 643 g/mol. The van der Waals surface area contributed by atoms with Gasteiger partial charge in [-0.3, -0.25) is 0 Å². The molecule has 0 fully saturated rings. The molecule has 0 bridgehead atoms. The first-order chi connectivity index (χ1) is 23.3. The second-order valence-electron chi connectivity index (χ2n) is 14.5. The van der Waals surface area contributed by atoms with Crippen LogP contribution in [0.25, 0.3) is 0 Å². The zero-order valence-corrected chi connectivity index (χ0v) is 31.3. The molecule has 0 spiro atoms. The van der Waals surface area contributed by atoms with Gasteiger partial charge in [0.15, 0.2) is 0 Å². The Morgan fingerprint density at radius 3 is 1.00 bits per heavy atom. The van der Waals surface area contributed by atoms with Gasteiger partial charge in [0.25, 0.3) is 0 Å². The fourth-order valence-electron chi connectivity index (χ4n) is 7.11. The van der Waals surface area contributed by atoms with Crippen LogP contribution in [0.4, 0.5) is 0 Å². The van der Waals surface area contributed by atoms with E-state index >= 15 is 0 Å². The minimum absolute atomic E-state index is 1.16. The molecule has 2 aromatic carbocycles. The molecule has 2 aromatic rings. The van der Waals surface area contributed by atoms with Crippen molar-refractivity contribution in [1.29, 1.82) is 0 Å². The number of unbranched alkanes of at least 4 members (excludes halogenated alkanes) is 20. The van der Waals surface area contributed by atoms with Crippen LogP contribution in [-0.4, -0.2) is 17.6 Å². The SMILES string of the molecule is CCCCCC/C=C/CCCCCCCC[N+](CCCCCCCC/C=C/CCCCCC)(Cc1ccccc1)Cc1ccccc1. The van der Waals surface area contributed by atoms with E-state index in [1.165, 1.54) is 183 Å². The molecular formula is C46H76N+. The summed E-state index contributed by atoms with van der Waals surface area (Å²) < 4.78 is 1.21. The minimum atomic E-state index is 1.16. The number of rotatable bonds is 32. The summed E-state index contributed by atoms with van der Waals surface area (Å²) >= 11 is 0. The van der Waals surface area contributed by atoms with Gasteiger partial charge in [-0.1, -0.05) is 176 Å². The maximum Gasteiger partial charge on any atom is 0.105 e. The van der Waals surface area contributed by atoms with Crippen LogP contribution < -0.4 is 0 Å². The van der Waals surface area contributed by atoms with E-state index in [0.29, 0.717) is 0 Å². The molecule has 264 valence electrons. The lowest BCUT2D eigenvalue weighted by molar-refractivity contribution is -0.954. The van der Waals surface area contributed by atoms with Gasteiger partial charge in [0.1, 0.15) is 13.1 Å². The van der Waals surface area contributed by atoms with Gasteiger partial charge in [-0.2, -0.15) is 0 Å². The number of quaternary nitrogens is 1. The molecule has 0 atom stereocenters. The van der Waals surface area contributed by atoms with Gasteiger partial charge in [-0.25, -0.2) is 0 Å². The van der Waals surface area contributed by atoms with Crippen molar-refractivity contribution in [3.8, 4) is 0 Å². The maximum absolute atomic E-state index is 2.44. The van der Waals surface area contributed by atoms with E-state index in [0.717, 1.165) is 13.1 Å². The molecule has 0 radical (unpaired) electrons. The summed E-state index contributed by atoms with van der Waals surface area (Å²) in [5.74, 6) is 0. The molecule has 0 aliphatic carbocycles. The number of benzene rings is 2. The molecule has 1 heteroatoms. The monoisotopic (exact) mass is 643 g/mol. The fourth-order valence-corrected chi connectivity index (χ4v) is 7.11. The van der Waals surface area contributed by atoms with Gasteiger partial charge in [-0.15, -0.1) is 0 Å². The van der Waals surface area contributed by atoms with Crippen molar-refractivity contribution < 1.29 is 4.48 Å². The molecule has 0 aliphatic rings. The van der Waals surface area contributed by atoms with Crippen molar-refractivity contribution in [1.82, 2.24) is 0 Å². The summed E-state index contributed by atoms with van der Waals surface area (Å²) in [6, 6.07) is 22.7. The Morgan fingerprint density at radius 1 is 0.362 bits per heavy atom. The zero-order valence-electron chi connectivity index (χ0n) is 31.3. The first-order valence-electron chi connectivity index (χ1n) is 20.5. The average Bonchev–Trinajstić information content (AvgIpc) is 3.09. The molecule has 0 amide bonds. The van der Waals surface area contributed by atoms with Crippen LogP contribution in [0.1, 0.15) is 179 Å². The summed E-state index contributed by atoms with van der Waals surface area (Å²) in [5, 5.41) is 0. The minimum Gasteiger partial charge on any atom is -0.316 e. The van der Waals surface area contributed by atoms with E-state index in [-0.39, 0.29) is 0 Å². The van der Waals surface area contributed by atoms with Crippen molar-refractivity contribution >= 4 is 0 Å². The van der Waals surface area contributed by atoms with Gasteiger partial charge in [0, 0.05) is 11.1 Å². The first kappa shape index (κ1) is 41.1.